The zero-order valence-corrected chi connectivity index (χ0v) is 15.3. The van der Waals surface area contributed by atoms with Crippen LogP contribution in [0.3, 0.4) is 0 Å². The number of carbonyl (C=O) groups is 1. The maximum Gasteiger partial charge on any atom is 0.280 e. The van der Waals surface area contributed by atoms with E-state index in [9.17, 15) is 9.18 Å². The second-order valence-corrected chi connectivity index (χ2v) is 5.87. The molecule has 0 aliphatic rings. The molecular formula is C16H22FN5O2S. The van der Waals surface area contributed by atoms with E-state index in [2.05, 4.69) is 32.2 Å². The first-order chi connectivity index (χ1) is 12.0. The van der Waals surface area contributed by atoms with Crippen molar-refractivity contribution in [2.75, 3.05) is 25.5 Å². The summed E-state index contributed by atoms with van der Waals surface area (Å²) in [6.07, 6.45) is 5.17. The number of aromatic nitrogens is 3. The Kier molecular flexibility index (Phi) is 9.26. The lowest BCUT2D eigenvalue weighted by Crippen LogP contribution is -2.17. The Labute approximate surface area is 150 Å². The van der Waals surface area contributed by atoms with Crippen molar-refractivity contribution in [1.29, 1.82) is 0 Å². The second-order valence-electron chi connectivity index (χ2n) is 4.89. The van der Waals surface area contributed by atoms with E-state index < -0.39 is 0 Å². The zero-order valence-electron chi connectivity index (χ0n) is 14.5. The van der Waals surface area contributed by atoms with Crippen molar-refractivity contribution in [3.63, 3.8) is 0 Å². The monoisotopic (exact) mass is 367 g/mol. The predicted octanol–water partition coefficient (Wildman–Crippen LogP) is 2.94. The molecule has 7 nitrogen and oxygen atoms in total. The third-order valence-electron chi connectivity index (χ3n) is 2.65. The highest BCUT2D eigenvalue weighted by atomic mass is 32.1. The Morgan fingerprint density at radius 1 is 1.48 bits per heavy atom. The summed E-state index contributed by atoms with van der Waals surface area (Å²) in [5.74, 6) is 0.393. The molecule has 0 aromatic carbocycles. The van der Waals surface area contributed by atoms with Crippen LogP contribution < -0.4 is 10.6 Å². The van der Waals surface area contributed by atoms with Gasteiger partial charge in [-0.1, -0.05) is 17.4 Å². The van der Waals surface area contributed by atoms with Crippen LogP contribution in [-0.4, -0.2) is 47.2 Å². The molecule has 9 heteroatoms. The summed E-state index contributed by atoms with van der Waals surface area (Å²) >= 11 is 1.24. The van der Waals surface area contributed by atoms with Gasteiger partial charge in [0.1, 0.15) is 16.7 Å². The summed E-state index contributed by atoms with van der Waals surface area (Å²) in [6, 6.07) is 0. The maximum absolute atomic E-state index is 11.5. The van der Waals surface area contributed by atoms with Crippen molar-refractivity contribution in [3.05, 3.63) is 36.4 Å². The number of carbonyl (C=O) groups excluding carboxylic acids is 1. The average Bonchev–Trinajstić information content (AvgIpc) is 3.04. The fourth-order valence-electron chi connectivity index (χ4n) is 1.54. The molecule has 1 amide bonds. The Balaban J connectivity index is 0.000000333. The molecule has 136 valence electrons. The summed E-state index contributed by atoms with van der Waals surface area (Å²) in [7, 11) is 1.57. The standard InChI is InChI=1S/C10H11N5OS.C6H11FO/c1-3-4-12-7-6-9(14-5-13-7)17-10(15-6)8(16)11-2;1-6(2)8-5-3-4-7/h3,5H,1,4H2,2H3,(H,11,16)(H,12,13,14);3-4,6H,5H2,1-2H3/b;4-3+. The molecule has 0 saturated carbocycles. The Morgan fingerprint density at radius 3 is 2.84 bits per heavy atom. The van der Waals surface area contributed by atoms with Gasteiger partial charge in [0.2, 0.25) is 0 Å². The van der Waals surface area contributed by atoms with Gasteiger partial charge < -0.3 is 15.4 Å². The average molecular weight is 367 g/mol. The molecule has 2 aromatic rings. The number of ether oxygens (including phenoxy) is 1. The molecule has 0 spiro atoms. The van der Waals surface area contributed by atoms with Crippen molar-refractivity contribution < 1.29 is 13.9 Å². The van der Waals surface area contributed by atoms with Gasteiger partial charge in [-0.05, 0) is 19.9 Å². The maximum atomic E-state index is 11.5. The third kappa shape index (κ3) is 6.94. The minimum Gasteiger partial charge on any atom is -0.375 e. The molecule has 0 aliphatic heterocycles. The highest BCUT2D eigenvalue weighted by molar-refractivity contribution is 7.19. The summed E-state index contributed by atoms with van der Waals surface area (Å²) in [4.78, 5) is 24.5. The molecular weight excluding hydrogens is 345 g/mol. The predicted molar refractivity (Wildman–Crippen MR) is 98.6 cm³/mol. The van der Waals surface area contributed by atoms with Gasteiger partial charge in [0.15, 0.2) is 10.8 Å². The van der Waals surface area contributed by atoms with Crippen LogP contribution in [0.1, 0.15) is 23.6 Å². The molecule has 2 heterocycles. The van der Waals surface area contributed by atoms with E-state index in [0.29, 0.717) is 40.7 Å². The van der Waals surface area contributed by atoms with Gasteiger partial charge in [-0.2, -0.15) is 0 Å². The molecule has 25 heavy (non-hydrogen) atoms. The van der Waals surface area contributed by atoms with Crippen LogP contribution in [-0.2, 0) is 4.74 Å². The molecule has 0 fully saturated rings. The fourth-order valence-corrected chi connectivity index (χ4v) is 2.39. The normalized spacial score (nSPS) is 10.6. The van der Waals surface area contributed by atoms with Crippen molar-refractivity contribution in [1.82, 2.24) is 20.3 Å². The summed E-state index contributed by atoms with van der Waals surface area (Å²) < 4.78 is 16.1. The third-order valence-corrected chi connectivity index (χ3v) is 3.61. The first kappa shape index (κ1) is 20.7. The first-order valence-electron chi connectivity index (χ1n) is 7.58. The van der Waals surface area contributed by atoms with Gasteiger partial charge >= 0.3 is 0 Å². The van der Waals surface area contributed by atoms with Crippen LogP contribution in [0.25, 0.3) is 10.3 Å². The van der Waals surface area contributed by atoms with Crippen LogP contribution in [0, 0.1) is 0 Å². The lowest BCUT2D eigenvalue weighted by atomic mass is 10.5. The van der Waals surface area contributed by atoms with E-state index in [1.54, 1.807) is 13.1 Å². The van der Waals surface area contributed by atoms with Crippen LogP contribution >= 0.6 is 11.3 Å². The van der Waals surface area contributed by atoms with E-state index in [0.717, 1.165) is 0 Å². The first-order valence-corrected chi connectivity index (χ1v) is 8.40. The molecule has 0 radical (unpaired) electrons. The van der Waals surface area contributed by atoms with Gasteiger partial charge in [0, 0.05) is 13.6 Å². The SMILES string of the molecule is C=CCNc1ncnc2sc(C(=O)NC)nc12.CC(C)OC/C=C/F. The van der Waals surface area contributed by atoms with Gasteiger partial charge in [-0.15, -0.1) is 6.58 Å². The summed E-state index contributed by atoms with van der Waals surface area (Å²) in [5.41, 5.74) is 0.609. The zero-order chi connectivity index (χ0) is 18.7. The van der Waals surface area contributed by atoms with Crippen LogP contribution in [0.5, 0.6) is 0 Å². The smallest absolute Gasteiger partial charge is 0.280 e. The minimum atomic E-state index is -0.220. The van der Waals surface area contributed by atoms with Gasteiger partial charge in [0.05, 0.1) is 19.0 Å². The number of fused-ring (bicyclic) bond motifs is 1. The van der Waals surface area contributed by atoms with Crippen molar-refractivity contribution in [3.8, 4) is 0 Å². The van der Waals surface area contributed by atoms with E-state index in [1.807, 2.05) is 13.8 Å². The van der Waals surface area contributed by atoms with Crippen LogP contribution in [0.4, 0.5) is 10.2 Å². The summed E-state index contributed by atoms with van der Waals surface area (Å²) in [6.45, 7) is 8.38. The van der Waals surface area contributed by atoms with Gasteiger partial charge in [-0.3, -0.25) is 4.79 Å². The summed E-state index contributed by atoms with van der Waals surface area (Å²) in [5, 5.41) is 5.96. The van der Waals surface area contributed by atoms with E-state index >= 15 is 0 Å². The molecule has 2 aromatic heterocycles. The van der Waals surface area contributed by atoms with E-state index in [4.69, 9.17) is 4.74 Å². The number of hydrogen-bond donors (Lipinski definition) is 2. The lowest BCUT2D eigenvalue weighted by Gasteiger charge is -2.01. The minimum absolute atomic E-state index is 0.186. The Morgan fingerprint density at radius 2 is 2.24 bits per heavy atom. The molecule has 0 bridgehead atoms. The molecule has 2 N–H and O–H groups in total. The van der Waals surface area contributed by atoms with Gasteiger partial charge in [0.25, 0.3) is 5.91 Å². The van der Waals surface area contributed by atoms with Crippen LogP contribution in [0.15, 0.2) is 31.4 Å². The quantitative estimate of drug-likeness (QED) is 0.732. The van der Waals surface area contributed by atoms with Crippen LogP contribution in [0.2, 0.25) is 0 Å². The number of anilines is 1. The lowest BCUT2D eigenvalue weighted by molar-refractivity contribution is 0.0962. The molecule has 0 atom stereocenters. The number of nitrogens with one attached hydrogen (secondary N) is 2. The molecule has 0 saturated heterocycles. The number of hydrogen-bond acceptors (Lipinski definition) is 7. The van der Waals surface area contributed by atoms with Crippen molar-refractivity contribution in [2.24, 2.45) is 0 Å². The number of halogens is 1. The molecule has 2 rings (SSSR count). The highest BCUT2D eigenvalue weighted by Crippen LogP contribution is 2.24. The number of thiazole rings is 1. The molecule has 0 aliphatic carbocycles. The Bertz CT molecular complexity index is 718. The number of nitrogens with zero attached hydrogens (tertiary/aromatic N) is 3. The topological polar surface area (TPSA) is 89.0 Å². The number of rotatable bonds is 7. The number of amides is 1. The fraction of sp³-hybridized carbons (Fsp3) is 0.375. The highest BCUT2D eigenvalue weighted by Gasteiger charge is 2.14. The van der Waals surface area contributed by atoms with Gasteiger partial charge in [-0.25, -0.2) is 19.3 Å². The van der Waals surface area contributed by atoms with E-state index in [-0.39, 0.29) is 12.0 Å². The van der Waals surface area contributed by atoms with Crippen molar-refractivity contribution in [2.45, 2.75) is 20.0 Å². The molecule has 0 unspecified atom stereocenters. The van der Waals surface area contributed by atoms with E-state index in [1.165, 1.54) is 23.7 Å². The Hall–Kier alpha value is -2.39. The second kappa shape index (κ2) is 11.2. The van der Waals surface area contributed by atoms with Crippen molar-refractivity contribution >= 4 is 33.4 Å². The largest absolute Gasteiger partial charge is 0.375 e.